The minimum Gasteiger partial charge on any atom is -0.306 e. The summed E-state index contributed by atoms with van der Waals surface area (Å²) < 4.78 is 1.38. The maximum atomic E-state index is 12.8. The fourth-order valence-corrected chi connectivity index (χ4v) is 3.92. The molecular weight excluding hydrogens is 433 g/mol. The van der Waals surface area contributed by atoms with Gasteiger partial charge >= 0.3 is 0 Å². The number of aryl methyl sites for hydroxylation is 1. The zero-order valence-corrected chi connectivity index (χ0v) is 17.3. The highest BCUT2D eigenvalue weighted by Crippen LogP contribution is 2.28. The van der Waals surface area contributed by atoms with Crippen molar-refractivity contribution in [3.05, 3.63) is 79.5 Å². The van der Waals surface area contributed by atoms with E-state index in [-0.39, 0.29) is 11.5 Å². The number of carbonyl (C=O) groups excluding carboxylic acids is 1. The largest absolute Gasteiger partial charge is 0.306 e. The lowest BCUT2D eigenvalue weighted by Crippen LogP contribution is -2.19. The van der Waals surface area contributed by atoms with Crippen molar-refractivity contribution in [3.8, 4) is 16.5 Å². The van der Waals surface area contributed by atoms with Crippen LogP contribution in [0.1, 0.15) is 16.1 Å². The zero-order chi connectivity index (χ0) is 20.5. The van der Waals surface area contributed by atoms with Gasteiger partial charge in [-0.25, -0.2) is 4.98 Å². The maximum Gasteiger partial charge on any atom is 0.256 e. The number of carbonyl (C=O) groups is 1. The summed E-state index contributed by atoms with van der Waals surface area (Å²) in [6.07, 6.45) is 0. The number of amides is 1. The summed E-state index contributed by atoms with van der Waals surface area (Å²) in [6, 6.07) is 11.5. The fourth-order valence-electron chi connectivity index (χ4n) is 2.71. The lowest BCUT2D eigenvalue weighted by Gasteiger charge is -2.09. The van der Waals surface area contributed by atoms with Crippen LogP contribution in [-0.2, 0) is 0 Å². The number of thiophene rings is 1. The van der Waals surface area contributed by atoms with Crippen molar-refractivity contribution in [1.29, 1.82) is 0 Å². The van der Waals surface area contributed by atoms with Crippen molar-refractivity contribution in [3.63, 3.8) is 0 Å². The van der Waals surface area contributed by atoms with Gasteiger partial charge in [0.15, 0.2) is 0 Å². The molecule has 0 aliphatic heterocycles. The molecule has 3 heterocycles. The molecule has 0 saturated heterocycles. The van der Waals surface area contributed by atoms with E-state index >= 15 is 0 Å². The van der Waals surface area contributed by atoms with Gasteiger partial charge in [0.2, 0.25) is 5.95 Å². The highest BCUT2D eigenvalue weighted by molar-refractivity contribution is 7.13. The summed E-state index contributed by atoms with van der Waals surface area (Å²) in [7, 11) is 0. The molecule has 0 saturated carbocycles. The quantitative estimate of drug-likeness (QED) is 0.481. The van der Waals surface area contributed by atoms with Gasteiger partial charge in [0.1, 0.15) is 11.5 Å². The molecule has 0 spiro atoms. The second kappa shape index (κ2) is 7.82. The Morgan fingerprint density at radius 3 is 2.59 bits per heavy atom. The van der Waals surface area contributed by atoms with Gasteiger partial charge in [0, 0.05) is 33.4 Å². The molecule has 0 aliphatic rings. The van der Waals surface area contributed by atoms with E-state index in [0.717, 1.165) is 4.88 Å². The van der Waals surface area contributed by atoms with Crippen LogP contribution in [0.2, 0.25) is 10.0 Å². The van der Waals surface area contributed by atoms with Crippen LogP contribution in [0.15, 0.2) is 52.6 Å². The number of aromatic nitrogens is 4. The minimum absolute atomic E-state index is 0.192. The van der Waals surface area contributed by atoms with Crippen molar-refractivity contribution >= 4 is 46.3 Å². The Kier molecular flexibility index (Phi) is 5.23. The van der Waals surface area contributed by atoms with E-state index < -0.39 is 5.91 Å². The molecule has 4 aromatic rings. The van der Waals surface area contributed by atoms with Gasteiger partial charge in [-0.2, -0.15) is 9.78 Å². The maximum absolute atomic E-state index is 12.8. The lowest BCUT2D eigenvalue weighted by molar-refractivity contribution is 0.102. The number of halogens is 2. The Labute approximate surface area is 178 Å². The predicted octanol–water partition coefficient (Wildman–Crippen LogP) is 4.55. The third-order valence-corrected chi connectivity index (χ3v) is 5.24. The van der Waals surface area contributed by atoms with E-state index in [9.17, 15) is 9.59 Å². The van der Waals surface area contributed by atoms with Crippen LogP contribution >= 0.6 is 34.5 Å². The smallest absolute Gasteiger partial charge is 0.256 e. The molecule has 0 unspecified atom stereocenters. The molecule has 0 radical (unpaired) electrons. The summed E-state index contributed by atoms with van der Waals surface area (Å²) in [5.74, 6) is 0.101. The Bertz CT molecular complexity index is 1240. The molecule has 0 fully saturated rings. The number of aromatic amines is 1. The first kappa shape index (κ1) is 19.4. The molecule has 0 aliphatic carbocycles. The molecule has 3 aromatic heterocycles. The molecule has 1 amide bonds. The Morgan fingerprint density at radius 1 is 1.17 bits per heavy atom. The second-order valence-corrected chi connectivity index (χ2v) is 7.95. The minimum atomic E-state index is -0.428. The van der Waals surface area contributed by atoms with Gasteiger partial charge in [-0.1, -0.05) is 29.3 Å². The van der Waals surface area contributed by atoms with Crippen LogP contribution in [0.3, 0.4) is 0 Å². The highest BCUT2D eigenvalue weighted by Gasteiger charge is 2.17. The number of hydrogen-bond acceptors (Lipinski definition) is 5. The summed E-state index contributed by atoms with van der Waals surface area (Å²) >= 11 is 13.5. The SMILES string of the molecule is Cc1cc(=O)[nH]c(-n2nc(-c3cccs3)cc2NC(=O)c2cc(Cl)cc(Cl)c2)n1. The number of anilines is 1. The topological polar surface area (TPSA) is 92.7 Å². The third-order valence-electron chi connectivity index (χ3n) is 3.91. The monoisotopic (exact) mass is 445 g/mol. The van der Waals surface area contributed by atoms with Gasteiger partial charge in [-0.15, -0.1) is 11.3 Å². The van der Waals surface area contributed by atoms with Crippen LogP contribution in [0.4, 0.5) is 5.82 Å². The summed E-state index contributed by atoms with van der Waals surface area (Å²) in [4.78, 5) is 32.5. The van der Waals surface area contributed by atoms with E-state index in [4.69, 9.17) is 23.2 Å². The average molecular weight is 446 g/mol. The van der Waals surface area contributed by atoms with Crippen molar-refractivity contribution < 1.29 is 4.79 Å². The van der Waals surface area contributed by atoms with Gasteiger partial charge < -0.3 is 5.32 Å². The summed E-state index contributed by atoms with van der Waals surface area (Å²) in [6.45, 7) is 1.70. The normalized spacial score (nSPS) is 10.9. The van der Waals surface area contributed by atoms with Crippen LogP contribution < -0.4 is 10.9 Å². The number of H-pyrrole nitrogens is 1. The number of rotatable bonds is 4. The molecule has 2 N–H and O–H groups in total. The van der Waals surface area contributed by atoms with Crippen molar-refractivity contribution in [2.45, 2.75) is 6.92 Å². The molecular formula is C19H13Cl2N5O2S. The van der Waals surface area contributed by atoms with E-state index in [0.29, 0.717) is 32.8 Å². The standard InChI is InChI=1S/C19H13Cl2N5O2S/c1-10-5-17(27)24-19(22-10)26-16(9-14(25-26)15-3-2-4-29-15)23-18(28)11-6-12(20)8-13(21)7-11/h2-9H,1H3,(H,23,28)(H,22,24,27). The Morgan fingerprint density at radius 2 is 1.93 bits per heavy atom. The first-order valence-corrected chi connectivity index (χ1v) is 10.0. The highest BCUT2D eigenvalue weighted by atomic mass is 35.5. The number of benzene rings is 1. The lowest BCUT2D eigenvalue weighted by atomic mass is 10.2. The van der Waals surface area contributed by atoms with Gasteiger partial charge in [0.05, 0.1) is 4.88 Å². The zero-order valence-electron chi connectivity index (χ0n) is 14.9. The summed E-state index contributed by atoms with van der Waals surface area (Å²) in [5.41, 5.74) is 1.12. The van der Waals surface area contributed by atoms with Crippen LogP contribution in [0.5, 0.6) is 0 Å². The molecule has 0 atom stereocenters. The Hall–Kier alpha value is -2.94. The van der Waals surface area contributed by atoms with Crippen molar-refractivity contribution in [2.75, 3.05) is 5.32 Å². The van der Waals surface area contributed by atoms with Crippen molar-refractivity contribution in [2.24, 2.45) is 0 Å². The van der Waals surface area contributed by atoms with Crippen LogP contribution in [0, 0.1) is 6.92 Å². The summed E-state index contributed by atoms with van der Waals surface area (Å²) in [5, 5.41) is 9.92. The molecule has 146 valence electrons. The first-order valence-electron chi connectivity index (χ1n) is 8.39. The predicted molar refractivity (Wildman–Crippen MR) is 114 cm³/mol. The average Bonchev–Trinajstić information content (AvgIpc) is 3.29. The molecule has 4 rings (SSSR count). The van der Waals surface area contributed by atoms with E-state index in [2.05, 4.69) is 20.4 Å². The molecule has 1 aromatic carbocycles. The molecule has 10 heteroatoms. The van der Waals surface area contributed by atoms with E-state index in [1.807, 2.05) is 17.5 Å². The molecule has 7 nitrogen and oxygen atoms in total. The first-order chi connectivity index (χ1) is 13.9. The van der Waals surface area contributed by atoms with Gasteiger partial charge in [-0.05, 0) is 36.6 Å². The van der Waals surface area contributed by atoms with Crippen molar-refractivity contribution in [1.82, 2.24) is 19.7 Å². The molecule has 29 heavy (non-hydrogen) atoms. The second-order valence-electron chi connectivity index (χ2n) is 6.13. The van der Waals surface area contributed by atoms with E-state index in [1.54, 1.807) is 19.1 Å². The molecule has 0 bridgehead atoms. The third kappa shape index (κ3) is 4.24. The fraction of sp³-hybridized carbons (Fsp3) is 0.0526. The van der Waals surface area contributed by atoms with Gasteiger partial charge in [-0.3, -0.25) is 14.6 Å². The number of nitrogens with zero attached hydrogens (tertiary/aromatic N) is 3. The van der Waals surface area contributed by atoms with Crippen LogP contribution in [-0.4, -0.2) is 25.7 Å². The van der Waals surface area contributed by atoms with E-state index in [1.165, 1.54) is 34.2 Å². The number of hydrogen-bond donors (Lipinski definition) is 2. The number of nitrogens with one attached hydrogen (secondary N) is 2. The Balaban J connectivity index is 1.78. The van der Waals surface area contributed by atoms with Crippen LogP contribution in [0.25, 0.3) is 16.5 Å². The van der Waals surface area contributed by atoms with Gasteiger partial charge in [0.25, 0.3) is 11.5 Å².